The van der Waals surface area contributed by atoms with Gasteiger partial charge >= 0.3 is 0 Å². The van der Waals surface area contributed by atoms with Crippen LogP contribution in [-0.2, 0) is 0 Å². The predicted octanol–water partition coefficient (Wildman–Crippen LogP) is 3.84. The zero-order chi connectivity index (χ0) is 11.2. The van der Waals surface area contributed by atoms with E-state index in [1.807, 2.05) is 0 Å². The van der Waals surface area contributed by atoms with Gasteiger partial charge in [0.25, 0.3) is 0 Å². The summed E-state index contributed by atoms with van der Waals surface area (Å²) in [5.41, 5.74) is 0.493. The largest absolute Gasteiger partial charge is 0.314 e. The summed E-state index contributed by atoms with van der Waals surface area (Å²) < 4.78 is 0. The molecule has 0 bridgehead atoms. The Balaban J connectivity index is 4.08. The molecule has 0 fully saturated rings. The van der Waals surface area contributed by atoms with Gasteiger partial charge in [-0.25, -0.2) is 0 Å². The minimum Gasteiger partial charge on any atom is -0.314 e. The maximum Gasteiger partial charge on any atom is 0.00106 e. The summed E-state index contributed by atoms with van der Waals surface area (Å²) in [6, 6.07) is 0.610. The van der Waals surface area contributed by atoms with Crippen molar-refractivity contribution in [2.45, 2.75) is 66.8 Å². The van der Waals surface area contributed by atoms with Crippen LogP contribution in [0.3, 0.4) is 0 Å². The quantitative estimate of drug-likeness (QED) is 0.657. The average molecular weight is 199 g/mol. The predicted molar refractivity (Wildman–Crippen MR) is 65.6 cm³/mol. The van der Waals surface area contributed by atoms with Gasteiger partial charge in [-0.1, -0.05) is 48.0 Å². The lowest BCUT2D eigenvalue weighted by Gasteiger charge is -2.32. The van der Waals surface area contributed by atoms with Gasteiger partial charge in [0.15, 0.2) is 0 Å². The average Bonchev–Trinajstić information content (AvgIpc) is 2.00. The van der Waals surface area contributed by atoms with E-state index in [9.17, 15) is 0 Å². The number of rotatable bonds is 7. The molecule has 0 aromatic heterocycles. The molecule has 0 saturated heterocycles. The van der Waals surface area contributed by atoms with E-state index in [1.165, 1.54) is 19.3 Å². The molecule has 0 aromatic carbocycles. The maximum absolute atomic E-state index is 3.58. The zero-order valence-electron chi connectivity index (χ0n) is 11.0. The second-order valence-corrected chi connectivity index (χ2v) is 5.69. The van der Waals surface area contributed by atoms with Crippen LogP contribution in [-0.4, -0.2) is 12.6 Å². The standard InChI is InChI=1S/C13H29N/c1-7-8-13(6,9-11(2)3)10-14-12(4)5/h11-12,14H,7-10H2,1-6H3. The van der Waals surface area contributed by atoms with Crippen molar-refractivity contribution in [1.29, 1.82) is 0 Å². The Morgan fingerprint density at radius 1 is 1.14 bits per heavy atom. The van der Waals surface area contributed by atoms with Gasteiger partial charge in [0, 0.05) is 12.6 Å². The molecule has 0 aliphatic carbocycles. The van der Waals surface area contributed by atoms with Gasteiger partial charge < -0.3 is 5.32 Å². The normalized spacial score (nSPS) is 16.3. The summed E-state index contributed by atoms with van der Waals surface area (Å²) in [7, 11) is 0. The topological polar surface area (TPSA) is 12.0 Å². The number of hydrogen-bond acceptors (Lipinski definition) is 1. The smallest absolute Gasteiger partial charge is 0.00106 e. The second-order valence-electron chi connectivity index (χ2n) is 5.69. The Morgan fingerprint density at radius 3 is 2.07 bits per heavy atom. The molecule has 1 heteroatoms. The van der Waals surface area contributed by atoms with Crippen LogP contribution in [0.4, 0.5) is 0 Å². The molecule has 1 nitrogen and oxygen atoms in total. The van der Waals surface area contributed by atoms with E-state index in [4.69, 9.17) is 0 Å². The van der Waals surface area contributed by atoms with Crippen molar-refractivity contribution in [1.82, 2.24) is 5.32 Å². The third-order valence-electron chi connectivity index (χ3n) is 2.69. The summed E-state index contributed by atoms with van der Waals surface area (Å²) >= 11 is 0. The lowest BCUT2D eigenvalue weighted by atomic mass is 9.78. The molecule has 0 rings (SSSR count). The minimum atomic E-state index is 0.493. The van der Waals surface area contributed by atoms with Gasteiger partial charge in [0.05, 0.1) is 0 Å². The molecule has 0 amide bonds. The Bertz CT molecular complexity index is 140. The molecular weight excluding hydrogens is 170 g/mol. The molecule has 0 aliphatic heterocycles. The zero-order valence-corrected chi connectivity index (χ0v) is 11.0. The molecule has 0 aromatic rings. The molecule has 0 radical (unpaired) electrons. The number of nitrogens with one attached hydrogen (secondary N) is 1. The van der Waals surface area contributed by atoms with Gasteiger partial charge in [0.1, 0.15) is 0 Å². The van der Waals surface area contributed by atoms with E-state index < -0.39 is 0 Å². The highest BCUT2D eigenvalue weighted by molar-refractivity contribution is 4.78. The second kappa shape index (κ2) is 6.44. The summed E-state index contributed by atoms with van der Waals surface area (Å²) in [5, 5.41) is 3.58. The fourth-order valence-corrected chi connectivity index (χ4v) is 2.30. The van der Waals surface area contributed by atoms with Gasteiger partial charge in [-0.05, 0) is 24.2 Å². The highest BCUT2D eigenvalue weighted by Crippen LogP contribution is 2.30. The van der Waals surface area contributed by atoms with Crippen molar-refractivity contribution >= 4 is 0 Å². The Hall–Kier alpha value is -0.0400. The van der Waals surface area contributed by atoms with Crippen LogP contribution in [0.5, 0.6) is 0 Å². The number of hydrogen-bond donors (Lipinski definition) is 1. The van der Waals surface area contributed by atoms with Crippen LogP contribution >= 0.6 is 0 Å². The van der Waals surface area contributed by atoms with Crippen molar-refractivity contribution in [3.05, 3.63) is 0 Å². The van der Waals surface area contributed by atoms with Crippen molar-refractivity contribution in [3.63, 3.8) is 0 Å². The highest BCUT2D eigenvalue weighted by atomic mass is 14.9. The van der Waals surface area contributed by atoms with Crippen LogP contribution in [0.1, 0.15) is 60.8 Å². The monoisotopic (exact) mass is 199 g/mol. The van der Waals surface area contributed by atoms with Crippen LogP contribution in [0.15, 0.2) is 0 Å². The van der Waals surface area contributed by atoms with E-state index in [2.05, 4.69) is 46.9 Å². The summed E-state index contributed by atoms with van der Waals surface area (Å²) in [4.78, 5) is 0. The Kier molecular flexibility index (Phi) is 6.43. The van der Waals surface area contributed by atoms with E-state index in [1.54, 1.807) is 0 Å². The SMILES string of the molecule is CCCC(C)(CNC(C)C)CC(C)C. The highest BCUT2D eigenvalue weighted by Gasteiger charge is 2.24. The van der Waals surface area contributed by atoms with Gasteiger partial charge in [0.2, 0.25) is 0 Å². The maximum atomic E-state index is 3.58. The van der Waals surface area contributed by atoms with E-state index in [-0.39, 0.29) is 0 Å². The van der Waals surface area contributed by atoms with Crippen molar-refractivity contribution < 1.29 is 0 Å². The lowest BCUT2D eigenvalue weighted by Crippen LogP contribution is -2.36. The van der Waals surface area contributed by atoms with Crippen molar-refractivity contribution in [2.24, 2.45) is 11.3 Å². The first kappa shape index (κ1) is 14.0. The summed E-state index contributed by atoms with van der Waals surface area (Å²) in [5.74, 6) is 0.806. The Labute approximate surface area is 90.7 Å². The third kappa shape index (κ3) is 6.42. The van der Waals surface area contributed by atoms with Crippen LogP contribution in [0.2, 0.25) is 0 Å². The van der Waals surface area contributed by atoms with Crippen LogP contribution in [0.25, 0.3) is 0 Å². The van der Waals surface area contributed by atoms with Gasteiger partial charge in [-0.15, -0.1) is 0 Å². The van der Waals surface area contributed by atoms with E-state index >= 15 is 0 Å². The third-order valence-corrected chi connectivity index (χ3v) is 2.69. The molecule has 1 N–H and O–H groups in total. The fraction of sp³-hybridized carbons (Fsp3) is 1.00. The molecule has 0 heterocycles. The molecule has 0 saturated carbocycles. The van der Waals surface area contributed by atoms with Crippen molar-refractivity contribution in [2.75, 3.05) is 6.54 Å². The van der Waals surface area contributed by atoms with Gasteiger partial charge in [-0.2, -0.15) is 0 Å². The minimum absolute atomic E-state index is 0.493. The molecule has 86 valence electrons. The van der Waals surface area contributed by atoms with E-state index in [0.29, 0.717) is 11.5 Å². The molecule has 14 heavy (non-hydrogen) atoms. The first-order valence-electron chi connectivity index (χ1n) is 6.13. The van der Waals surface area contributed by atoms with Crippen LogP contribution in [0, 0.1) is 11.3 Å². The Morgan fingerprint density at radius 2 is 1.71 bits per heavy atom. The molecule has 0 spiro atoms. The first-order chi connectivity index (χ1) is 6.39. The van der Waals surface area contributed by atoms with Crippen molar-refractivity contribution in [3.8, 4) is 0 Å². The van der Waals surface area contributed by atoms with Crippen LogP contribution < -0.4 is 5.32 Å². The molecule has 0 aliphatic rings. The van der Waals surface area contributed by atoms with Gasteiger partial charge in [-0.3, -0.25) is 0 Å². The first-order valence-corrected chi connectivity index (χ1v) is 6.13. The fourth-order valence-electron chi connectivity index (χ4n) is 2.30. The molecule has 1 unspecified atom stereocenters. The van der Waals surface area contributed by atoms with E-state index in [0.717, 1.165) is 12.5 Å². The molecular formula is C13H29N. The summed E-state index contributed by atoms with van der Waals surface area (Å²) in [6.07, 6.45) is 3.97. The lowest BCUT2D eigenvalue weighted by molar-refractivity contribution is 0.218. The summed E-state index contributed by atoms with van der Waals surface area (Å²) in [6.45, 7) is 15.0. The molecule has 1 atom stereocenters.